The van der Waals surface area contributed by atoms with E-state index in [-0.39, 0.29) is 0 Å². The van der Waals surface area contributed by atoms with Crippen molar-refractivity contribution in [3.63, 3.8) is 0 Å². The summed E-state index contributed by atoms with van der Waals surface area (Å²) in [7, 11) is 3.08. The van der Waals surface area contributed by atoms with Gasteiger partial charge in [0.1, 0.15) is 0 Å². The molecular formula is C15H17ClO4. The first kappa shape index (κ1) is 16.1. The molecule has 0 saturated heterocycles. The highest BCUT2D eigenvalue weighted by Gasteiger charge is 2.14. The zero-order valence-corrected chi connectivity index (χ0v) is 12.5. The smallest absolute Gasteiger partial charge is 0.308 e. The van der Waals surface area contributed by atoms with Crippen molar-refractivity contribution < 1.29 is 19.0 Å². The van der Waals surface area contributed by atoms with Gasteiger partial charge in [-0.25, -0.2) is 0 Å². The van der Waals surface area contributed by atoms with Gasteiger partial charge < -0.3 is 14.2 Å². The Labute approximate surface area is 123 Å². The molecule has 5 heteroatoms. The summed E-state index contributed by atoms with van der Waals surface area (Å²) in [5.74, 6) is 0.952. The van der Waals surface area contributed by atoms with Crippen LogP contribution in [-0.2, 0) is 9.53 Å². The Morgan fingerprint density at radius 1 is 1.30 bits per heavy atom. The first-order valence-electron chi connectivity index (χ1n) is 5.93. The number of hydrogen-bond acceptors (Lipinski definition) is 4. The van der Waals surface area contributed by atoms with Crippen LogP contribution in [0.5, 0.6) is 11.5 Å². The summed E-state index contributed by atoms with van der Waals surface area (Å²) in [5, 5.41) is 0.391. The Morgan fingerprint density at radius 2 is 1.95 bits per heavy atom. The van der Waals surface area contributed by atoms with Crippen LogP contribution in [0.2, 0.25) is 0 Å². The van der Waals surface area contributed by atoms with Crippen LogP contribution < -0.4 is 9.47 Å². The van der Waals surface area contributed by atoms with Crippen LogP contribution in [0, 0.1) is 0 Å². The molecule has 0 fully saturated rings. The Hall–Kier alpha value is -1.94. The van der Waals surface area contributed by atoms with Crippen LogP contribution in [0.1, 0.15) is 18.9 Å². The number of carbonyl (C=O) groups is 1. The van der Waals surface area contributed by atoms with Crippen LogP contribution in [0.25, 0.3) is 5.76 Å². The second-order valence-electron chi connectivity index (χ2n) is 3.89. The average Bonchev–Trinajstić information content (AvgIpc) is 2.44. The molecule has 0 radical (unpaired) electrons. The lowest BCUT2D eigenvalue weighted by Gasteiger charge is -2.13. The van der Waals surface area contributed by atoms with E-state index in [1.54, 1.807) is 31.4 Å². The molecule has 0 unspecified atom stereocenters. The van der Waals surface area contributed by atoms with Crippen molar-refractivity contribution in [2.75, 3.05) is 14.2 Å². The van der Waals surface area contributed by atoms with Crippen molar-refractivity contribution in [2.45, 2.75) is 13.3 Å². The standard InChI is InChI=1S/C15H17ClO4/c1-5-6-12(16)15(20-10(2)17)11-7-8-13(18-3)14(9-11)19-4/h5,7-9H,1,6H2,2-4H3/b15-12-. The fourth-order valence-electron chi connectivity index (χ4n) is 1.61. The first-order chi connectivity index (χ1) is 9.53. The lowest BCUT2D eigenvalue weighted by atomic mass is 10.1. The summed E-state index contributed by atoms with van der Waals surface area (Å²) in [6.45, 7) is 4.93. The Kier molecular flexibility index (Phi) is 6.12. The van der Waals surface area contributed by atoms with Gasteiger partial charge in [-0.2, -0.15) is 0 Å². The average molecular weight is 297 g/mol. The van der Waals surface area contributed by atoms with Crippen LogP contribution in [-0.4, -0.2) is 20.2 Å². The van der Waals surface area contributed by atoms with Crippen molar-refractivity contribution in [1.29, 1.82) is 0 Å². The molecule has 0 spiro atoms. The summed E-state index contributed by atoms with van der Waals surface area (Å²) >= 11 is 6.15. The van der Waals surface area contributed by atoms with Crippen LogP contribution >= 0.6 is 11.6 Å². The van der Waals surface area contributed by atoms with Crippen LogP contribution in [0.3, 0.4) is 0 Å². The van der Waals surface area contributed by atoms with Gasteiger partial charge in [0.25, 0.3) is 0 Å². The van der Waals surface area contributed by atoms with Crippen LogP contribution in [0.15, 0.2) is 35.9 Å². The molecule has 1 aromatic rings. The number of ether oxygens (including phenoxy) is 3. The molecule has 0 atom stereocenters. The minimum Gasteiger partial charge on any atom is -0.493 e. The van der Waals surface area contributed by atoms with E-state index >= 15 is 0 Å². The molecule has 108 valence electrons. The quantitative estimate of drug-likeness (QED) is 0.455. The number of esters is 1. The molecule has 0 N–H and O–H groups in total. The van der Waals surface area contributed by atoms with Gasteiger partial charge in [-0.15, -0.1) is 6.58 Å². The SMILES string of the molecule is C=CC/C(Cl)=C(/OC(C)=O)c1ccc(OC)c(OC)c1. The summed E-state index contributed by atoms with van der Waals surface area (Å²) in [5.41, 5.74) is 0.629. The van der Waals surface area contributed by atoms with Crippen LogP contribution in [0.4, 0.5) is 0 Å². The van der Waals surface area contributed by atoms with Gasteiger partial charge in [0, 0.05) is 18.9 Å². The lowest BCUT2D eigenvalue weighted by Crippen LogP contribution is -2.01. The van der Waals surface area contributed by atoms with Crippen molar-refractivity contribution >= 4 is 23.3 Å². The van der Waals surface area contributed by atoms with E-state index < -0.39 is 5.97 Å². The third-order valence-corrected chi connectivity index (χ3v) is 2.79. The maximum Gasteiger partial charge on any atom is 0.308 e. The van der Waals surface area contributed by atoms with E-state index in [0.717, 1.165) is 0 Å². The lowest BCUT2D eigenvalue weighted by molar-refractivity contribution is -0.134. The third kappa shape index (κ3) is 4.03. The fraction of sp³-hybridized carbons (Fsp3) is 0.267. The first-order valence-corrected chi connectivity index (χ1v) is 6.31. The molecule has 0 aromatic heterocycles. The molecule has 1 rings (SSSR count). The van der Waals surface area contributed by atoms with E-state index in [4.69, 9.17) is 25.8 Å². The molecule has 0 aliphatic carbocycles. The Balaban J connectivity index is 3.30. The zero-order chi connectivity index (χ0) is 15.1. The number of halogens is 1. The molecule has 0 amide bonds. The molecule has 0 heterocycles. The summed E-state index contributed by atoms with van der Waals surface area (Å²) in [6, 6.07) is 5.16. The maximum atomic E-state index is 11.2. The molecule has 20 heavy (non-hydrogen) atoms. The molecule has 1 aromatic carbocycles. The zero-order valence-electron chi connectivity index (χ0n) is 11.7. The van der Waals surface area contributed by atoms with Gasteiger partial charge in [0.2, 0.25) is 0 Å². The van der Waals surface area contributed by atoms with Crippen molar-refractivity contribution in [3.8, 4) is 11.5 Å². The topological polar surface area (TPSA) is 44.8 Å². The van der Waals surface area contributed by atoms with Gasteiger partial charge in [-0.3, -0.25) is 4.79 Å². The van der Waals surface area contributed by atoms with Crippen molar-refractivity contribution in [3.05, 3.63) is 41.4 Å². The summed E-state index contributed by atoms with van der Waals surface area (Å²) in [6.07, 6.45) is 2.03. The second-order valence-corrected chi connectivity index (χ2v) is 4.35. The monoisotopic (exact) mass is 296 g/mol. The number of hydrogen-bond donors (Lipinski definition) is 0. The minimum atomic E-state index is -0.447. The largest absolute Gasteiger partial charge is 0.493 e. The number of rotatable bonds is 6. The minimum absolute atomic E-state index is 0.292. The molecule has 0 saturated carbocycles. The van der Waals surface area contributed by atoms with E-state index in [1.165, 1.54) is 14.0 Å². The fourth-order valence-corrected chi connectivity index (χ4v) is 1.87. The highest BCUT2D eigenvalue weighted by atomic mass is 35.5. The second kappa shape index (κ2) is 7.60. The highest BCUT2D eigenvalue weighted by Crippen LogP contribution is 2.33. The summed E-state index contributed by atoms with van der Waals surface area (Å²) < 4.78 is 15.6. The normalized spacial score (nSPS) is 11.4. The molecule has 0 bridgehead atoms. The van der Waals surface area contributed by atoms with Gasteiger partial charge in [-0.1, -0.05) is 17.7 Å². The Morgan fingerprint density at radius 3 is 2.45 bits per heavy atom. The van der Waals surface area contributed by atoms with Gasteiger partial charge >= 0.3 is 5.97 Å². The maximum absolute atomic E-state index is 11.2. The van der Waals surface area contributed by atoms with Crippen molar-refractivity contribution in [1.82, 2.24) is 0 Å². The Bertz CT molecular complexity index is 535. The van der Waals surface area contributed by atoms with E-state index in [0.29, 0.717) is 34.3 Å². The summed E-state index contributed by atoms with van der Waals surface area (Å²) in [4.78, 5) is 11.2. The van der Waals surface area contributed by atoms with Crippen molar-refractivity contribution in [2.24, 2.45) is 0 Å². The number of allylic oxidation sites excluding steroid dienone is 2. The predicted molar refractivity (Wildman–Crippen MR) is 78.9 cm³/mol. The predicted octanol–water partition coefficient (Wildman–Crippen LogP) is 3.75. The van der Waals surface area contributed by atoms with Gasteiger partial charge in [0.15, 0.2) is 17.3 Å². The molecular weight excluding hydrogens is 280 g/mol. The van der Waals surface area contributed by atoms with Gasteiger partial charge in [0.05, 0.1) is 19.3 Å². The van der Waals surface area contributed by atoms with E-state index in [9.17, 15) is 4.79 Å². The third-order valence-electron chi connectivity index (χ3n) is 2.46. The number of methoxy groups -OCH3 is 2. The highest BCUT2D eigenvalue weighted by molar-refractivity contribution is 6.32. The molecule has 4 nitrogen and oxygen atoms in total. The molecule has 0 aliphatic rings. The van der Waals surface area contributed by atoms with Gasteiger partial charge in [-0.05, 0) is 18.2 Å². The van der Waals surface area contributed by atoms with E-state index in [1.807, 2.05) is 0 Å². The number of benzene rings is 1. The number of carbonyl (C=O) groups excluding carboxylic acids is 1. The molecule has 0 aliphatic heterocycles. The van der Waals surface area contributed by atoms with E-state index in [2.05, 4.69) is 6.58 Å².